The highest BCUT2D eigenvalue weighted by molar-refractivity contribution is 6.39. The number of likely N-dealkylation sites (N-methyl/N-ethyl adjacent to an activating group) is 2. The molecule has 7 nitrogen and oxygen atoms in total. The number of hydrogen-bond acceptors (Lipinski definition) is 5. The highest BCUT2D eigenvalue weighted by atomic mass is 16.2. The van der Waals surface area contributed by atoms with Crippen molar-refractivity contribution in [2.45, 2.75) is 47.1 Å². The molecule has 0 unspecified atom stereocenters. The van der Waals surface area contributed by atoms with E-state index in [9.17, 15) is 9.59 Å². The fraction of sp³-hybridized carbons (Fsp3) is 0.667. The molecule has 1 aliphatic heterocycles. The topological polar surface area (TPSA) is 67.9 Å². The first-order valence-corrected chi connectivity index (χ1v) is 11.9. The molecule has 2 amide bonds. The SMILES string of the molecule is CCN(CC)CCN(CCN(CC)CC)C(=O)C(=O)Nc1ccc2c(c1)CNCCC2. The fourth-order valence-electron chi connectivity index (χ4n) is 3.99. The van der Waals surface area contributed by atoms with Crippen LogP contribution in [0.3, 0.4) is 0 Å². The summed E-state index contributed by atoms with van der Waals surface area (Å²) in [4.78, 5) is 32.1. The third-order valence-corrected chi connectivity index (χ3v) is 6.22. The fourth-order valence-corrected chi connectivity index (χ4v) is 3.99. The van der Waals surface area contributed by atoms with Crippen LogP contribution in [0, 0.1) is 0 Å². The summed E-state index contributed by atoms with van der Waals surface area (Å²) in [5.41, 5.74) is 3.20. The number of amides is 2. The number of hydrogen-bond donors (Lipinski definition) is 2. The molecule has 2 N–H and O–H groups in total. The molecule has 0 bridgehead atoms. The van der Waals surface area contributed by atoms with E-state index < -0.39 is 11.8 Å². The zero-order valence-electron chi connectivity index (χ0n) is 19.9. The average molecular weight is 432 g/mol. The molecule has 0 saturated heterocycles. The molecular formula is C24H41N5O2. The van der Waals surface area contributed by atoms with Crippen molar-refractivity contribution in [2.24, 2.45) is 0 Å². The molecule has 0 saturated carbocycles. The third kappa shape index (κ3) is 7.91. The van der Waals surface area contributed by atoms with E-state index >= 15 is 0 Å². The Balaban J connectivity index is 2.04. The van der Waals surface area contributed by atoms with Gasteiger partial charge in [0, 0.05) is 38.4 Å². The predicted octanol–water partition coefficient (Wildman–Crippen LogP) is 2.17. The summed E-state index contributed by atoms with van der Waals surface area (Å²) in [5.74, 6) is -1.01. The Kier molecular flexibility index (Phi) is 11.0. The maximum Gasteiger partial charge on any atom is 0.313 e. The lowest BCUT2D eigenvalue weighted by Crippen LogP contribution is -2.46. The largest absolute Gasteiger partial charge is 0.332 e. The van der Waals surface area contributed by atoms with Crippen molar-refractivity contribution in [1.82, 2.24) is 20.0 Å². The Bertz CT molecular complexity index is 685. The van der Waals surface area contributed by atoms with Crippen molar-refractivity contribution in [3.05, 3.63) is 29.3 Å². The summed E-state index contributed by atoms with van der Waals surface area (Å²) >= 11 is 0. The molecule has 1 aromatic rings. The molecule has 0 aromatic heterocycles. The highest BCUT2D eigenvalue weighted by Crippen LogP contribution is 2.19. The maximum absolute atomic E-state index is 13.0. The molecule has 1 aromatic carbocycles. The van der Waals surface area contributed by atoms with E-state index in [4.69, 9.17) is 0 Å². The van der Waals surface area contributed by atoms with Crippen LogP contribution in [0.2, 0.25) is 0 Å². The lowest BCUT2D eigenvalue weighted by molar-refractivity contribution is -0.143. The van der Waals surface area contributed by atoms with Gasteiger partial charge in [-0.3, -0.25) is 9.59 Å². The monoisotopic (exact) mass is 431 g/mol. The second-order valence-corrected chi connectivity index (χ2v) is 8.06. The van der Waals surface area contributed by atoms with Crippen LogP contribution >= 0.6 is 0 Å². The highest BCUT2D eigenvalue weighted by Gasteiger charge is 2.23. The van der Waals surface area contributed by atoms with Crippen molar-refractivity contribution in [1.29, 1.82) is 0 Å². The van der Waals surface area contributed by atoms with Gasteiger partial charge in [-0.25, -0.2) is 0 Å². The molecule has 0 aliphatic carbocycles. The van der Waals surface area contributed by atoms with Gasteiger partial charge in [0.1, 0.15) is 0 Å². The Hall–Kier alpha value is -1.96. The Morgan fingerprint density at radius 1 is 0.903 bits per heavy atom. The van der Waals surface area contributed by atoms with Gasteiger partial charge in [-0.2, -0.15) is 0 Å². The average Bonchev–Trinajstić information content (AvgIpc) is 3.03. The minimum atomic E-state index is -0.555. The summed E-state index contributed by atoms with van der Waals surface area (Å²) in [6.07, 6.45) is 2.16. The molecule has 1 aliphatic rings. The van der Waals surface area contributed by atoms with E-state index in [1.54, 1.807) is 4.90 Å². The first-order chi connectivity index (χ1) is 15.0. The van der Waals surface area contributed by atoms with Gasteiger partial charge >= 0.3 is 11.8 Å². The number of carbonyl (C=O) groups is 2. The third-order valence-electron chi connectivity index (χ3n) is 6.22. The van der Waals surface area contributed by atoms with E-state index in [0.29, 0.717) is 18.8 Å². The van der Waals surface area contributed by atoms with Gasteiger partial charge in [0.25, 0.3) is 0 Å². The van der Waals surface area contributed by atoms with Gasteiger partial charge < -0.3 is 25.3 Å². The van der Waals surface area contributed by atoms with Crippen molar-refractivity contribution in [2.75, 3.05) is 64.2 Å². The minimum Gasteiger partial charge on any atom is -0.332 e. The number of nitrogens with one attached hydrogen (secondary N) is 2. The van der Waals surface area contributed by atoms with E-state index in [2.05, 4.69) is 54.2 Å². The number of anilines is 1. The second-order valence-electron chi connectivity index (χ2n) is 8.06. The Labute approximate surface area is 188 Å². The van der Waals surface area contributed by atoms with Crippen molar-refractivity contribution in [3.8, 4) is 0 Å². The summed E-state index contributed by atoms with van der Waals surface area (Å²) in [6.45, 7) is 16.7. The van der Waals surface area contributed by atoms with Crippen LogP contribution in [0.1, 0.15) is 45.2 Å². The Morgan fingerprint density at radius 2 is 1.52 bits per heavy atom. The van der Waals surface area contributed by atoms with Crippen LogP contribution in [0.25, 0.3) is 0 Å². The molecule has 7 heteroatoms. The molecule has 0 spiro atoms. The molecule has 1 heterocycles. The van der Waals surface area contributed by atoms with Crippen LogP contribution in [0.4, 0.5) is 5.69 Å². The summed E-state index contributed by atoms with van der Waals surface area (Å²) < 4.78 is 0. The van der Waals surface area contributed by atoms with Crippen LogP contribution in [0.15, 0.2) is 18.2 Å². The number of nitrogens with zero attached hydrogens (tertiary/aromatic N) is 3. The van der Waals surface area contributed by atoms with Gasteiger partial charge in [0.15, 0.2) is 0 Å². The zero-order chi connectivity index (χ0) is 22.6. The number of aryl methyl sites for hydroxylation is 1. The lowest BCUT2D eigenvalue weighted by Gasteiger charge is -2.28. The van der Waals surface area contributed by atoms with Crippen molar-refractivity contribution in [3.63, 3.8) is 0 Å². The number of rotatable bonds is 11. The summed E-state index contributed by atoms with van der Waals surface area (Å²) in [5, 5.41) is 6.24. The van der Waals surface area contributed by atoms with Gasteiger partial charge in [-0.05, 0) is 68.8 Å². The summed E-state index contributed by atoms with van der Waals surface area (Å²) in [6, 6.07) is 5.97. The van der Waals surface area contributed by atoms with Gasteiger partial charge in [0.05, 0.1) is 0 Å². The smallest absolute Gasteiger partial charge is 0.313 e. The van der Waals surface area contributed by atoms with E-state index in [1.807, 2.05) is 12.1 Å². The van der Waals surface area contributed by atoms with Crippen molar-refractivity contribution >= 4 is 17.5 Å². The Morgan fingerprint density at radius 3 is 2.10 bits per heavy atom. The van der Waals surface area contributed by atoms with E-state index in [1.165, 1.54) is 11.1 Å². The first-order valence-electron chi connectivity index (χ1n) is 11.9. The molecule has 174 valence electrons. The van der Waals surface area contributed by atoms with E-state index in [-0.39, 0.29) is 0 Å². The second kappa shape index (κ2) is 13.5. The van der Waals surface area contributed by atoms with Crippen LogP contribution in [0.5, 0.6) is 0 Å². The molecular weight excluding hydrogens is 390 g/mol. The minimum absolute atomic E-state index is 0.451. The molecule has 0 atom stereocenters. The molecule has 31 heavy (non-hydrogen) atoms. The zero-order valence-corrected chi connectivity index (χ0v) is 19.9. The van der Waals surface area contributed by atoms with E-state index in [0.717, 1.165) is 65.2 Å². The standard InChI is InChI=1S/C24H41N5O2/c1-5-27(6-2)14-16-29(17-15-28(7-3)8-4)24(31)23(30)26-22-12-11-20-10-9-13-25-19-21(20)18-22/h11-12,18,25H,5-10,13-17,19H2,1-4H3,(H,26,30). The number of carbonyl (C=O) groups excluding carboxylic acids is 2. The molecule has 0 radical (unpaired) electrons. The quantitative estimate of drug-likeness (QED) is 0.526. The number of benzene rings is 1. The van der Waals surface area contributed by atoms with Crippen LogP contribution < -0.4 is 10.6 Å². The molecule has 2 rings (SSSR count). The first kappa shape index (κ1) is 25.3. The predicted molar refractivity (Wildman–Crippen MR) is 127 cm³/mol. The maximum atomic E-state index is 13.0. The van der Waals surface area contributed by atoms with Gasteiger partial charge in [0.2, 0.25) is 0 Å². The van der Waals surface area contributed by atoms with Gasteiger partial charge in [-0.1, -0.05) is 33.8 Å². The van der Waals surface area contributed by atoms with Crippen LogP contribution in [-0.4, -0.2) is 85.4 Å². The van der Waals surface area contributed by atoms with Crippen LogP contribution in [-0.2, 0) is 22.6 Å². The number of fused-ring (bicyclic) bond motifs is 1. The molecule has 0 fully saturated rings. The van der Waals surface area contributed by atoms with Gasteiger partial charge in [-0.15, -0.1) is 0 Å². The lowest BCUT2D eigenvalue weighted by atomic mass is 10.0. The van der Waals surface area contributed by atoms with Crippen molar-refractivity contribution < 1.29 is 9.59 Å². The summed E-state index contributed by atoms with van der Waals surface area (Å²) in [7, 11) is 0. The normalized spacial score (nSPS) is 13.7.